The molecule has 0 unspecified atom stereocenters. The van der Waals surface area contributed by atoms with Gasteiger partial charge in [0, 0.05) is 23.8 Å². The lowest BCUT2D eigenvalue weighted by molar-refractivity contribution is 0.0954. The predicted octanol–water partition coefficient (Wildman–Crippen LogP) is 3.58. The number of aromatic nitrogens is 2. The van der Waals surface area contributed by atoms with Gasteiger partial charge < -0.3 is 5.32 Å². The van der Waals surface area contributed by atoms with Crippen molar-refractivity contribution in [1.82, 2.24) is 19.8 Å². The average molecular weight is 461 g/mol. The van der Waals surface area contributed by atoms with Crippen molar-refractivity contribution in [2.75, 3.05) is 6.54 Å². The van der Waals surface area contributed by atoms with E-state index in [1.165, 1.54) is 18.2 Å². The molecule has 0 bridgehead atoms. The molecule has 3 aromatic rings. The zero-order valence-electron chi connectivity index (χ0n) is 17.6. The molecular weight excluding hydrogens is 436 g/mol. The quantitative estimate of drug-likeness (QED) is 0.563. The topological polar surface area (TPSA) is 93.1 Å². The van der Waals surface area contributed by atoms with Crippen molar-refractivity contribution in [3.8, 4) is 5.69 Å². The number of carbonyl (C=O) groups is 1. The Hall–Kier alpha value is -2.68. The highest BCUT2D eigenvalue weighted by Gasteiger charge is 2.25. The van der Waals surface area contributed by atoms with Gasteiger partial charge in [-0.2, -0.15) is 5.10 Å². The molecule has 0 saturated carbocycles. The summed E-state index contributed by atoms with van der Waals surface area (Å²) in [6, 6.07) is 13.9. The number of carbonyl (C=O) groups excluding carboxylic acids is 1. The lowest BCUT2D eigenvalue weighted by Crippen LogP contribution is -2.40. The Morgan fingerprint density at radius 2 is 1.84 bits per heavy atom. The summed E-state index contributed by atoms with van der Waals surface area (Å²) in [5, 5.41) is 7.20. The van der Waals surface area contributed by atoms with E-state index in [4.69, 9.17) is 11.6 Å². The molecule has 7 nitrogen and oxygen atoms in total. The fourth-order valence-corrected chi connectivity index (χ4v) is 4.89. The Kier molecular flexibility index (Phi) is 6.83. The van der Waals surface area contributed by atoms with Gasteiger partial charge in [0.15, 0.2) is 0 Å². The summed E-state index contributed by atoms with van der Waals surface area (Å²) in [4.78, 5) is 12.4. The number of halogens is 1. The lowest BCUT2D eigenvalue weighted by Gasteiger charge is -2.21. The molecule has 31 heavy (non-hydrogen) atoms. The maximum atomic E-state index is 12.6. The van der Waals surface area contributed by atoms with E-state index in [1.807, 2.05) is 36.5 Å². The number of amides is 1. The van der Waals surface area contributed by atoms with Crippen LogP contribution in [-0.2, 0) is 16.4 Å². The van der Waals surface area contributed by atoms with E-state index >= 15 is 0 Å². The van der Waals surface area contributed by atoms with Gasteiger partial charge in [0.05, 0.1) is 16.9 Å². The minimum absolute atomic E-state index is 0.0571. The summed E-state index contributed by atoms with van der Waals surface area (Å²) >= 11 is 6.09. The first-order valence-corrected chi connectivity index (χ1v) is 11.6. The van der Waals surface area contributed by atoms with Crippen molar-refractivity contribution in [2.24, 2.45) is 0 Å². The normalized spacial score (nSPS) is 12.0. The number of rotatable bonds is 7. The van der Waals surface area contributed by atoms with Gasteiger partial charge in [-0.05, 0) is 63.1 Å². The van der Waals surface area contributed by atoms with Crippen LogP contribution in [0.3, 0.4) is 0 Å². The Morgan fingerprint density at radius 3 is 2.52 bits per heavy atom. The van der Waals surface area contributed by atoms with E-state index in [0.717, 1.165) is 11.3 Å². The molecule has 9 heteroatoms. The molecule has 0 spiro atoms. The maximum absolute atomic E-state index is 12.6. The van der Waals surface area contributed by atoms with Gasteiger partial charge >= 0.3 is 0 Å². The third-order valence-corrected chi connectivity index (χ3v) is 6.52. The first kappa shape index (κ1) is 23.0. The van der Waals surface area contributed by atoms with Crippen LogP contribution in [0.5, 0.6) is 0 Å². The monoisotopic (exact) mass is 460 g/mol. The van der Waals surface area contributed by atoms with Crippen molar-refractivity contribution in [2.45, 2.75) is 37.6 Å². The highest BCUT2D eigenvalue weighted by molar-refractivity contribution is 7.89. The third-order valence-electron chi connectivity index (χ3n) is 4.28. The van der Waals surface area contributed by atoms with E-state index in [9.17, 15) is 13.2 Å². The van der Waals surface area contributed by atoms with Gasteiger partial charge in [0.25, 0.3) is 5.91 Å². The molecular formula is C22H25ClN4O3S. The van der Waals surface area contributed by atoms with E-state index in [-0.39, 0.29) is 21.4 Å². The number of hydrogen-bond donors (Lipinski definition) is 2. The maximum Gasteiger partial charge on any atom is 0.251 e. The van der Waals surface area contributed by atoms with Crippen molar-refractivity contribution >= 4 is 27.5 Å². The van der Waals surface area contributed by atoms with E-state index in [0.29, 0.717) is 13.0 Å². The average Bonchev–Trinajstić information content (AvgIpc) is 3.16. The first-order chi connectivity index (χ1) is 14.5. The third kappa shape index (κ3) is 6.16. The molecule has 0 atom stereocenters. The van der Waals surface area contributed by atoms with Crippen LogP contribution in [0, 0.1) is 0 Å². The van der Waals surface area contributed by atoms with Crippen molar-refractivity contribution in [3.05, 3.63) is 77.1 Å². The molecule has 2 aromatic carbocycles. The fourth-order valence-electron chi connectivity index (χ4n) is 2.94. The Bertz CT molecular complexity index is 1170. The van der Waals surface area contributed by atoms with E-state index in [2.05, 4.69) is 15.1 Å². The second kappa shape index (κ2) is 9.21. The number of nitrogens with one attached hydrogen (secondary N) is 2. The summed E-state index contributed by atoms with van der Waals surface area (Å²) in [5.74, 6) is -0.376. The highest BCUT2D eigenvalue weighted by Crippen LogP contribution is 2.24. The molecule has 164 valence electrons. The van der Waals surface area contributed by atoms with Gasteiger partial charge in [-0.3, -0.25) is 4.79 Å². The van der Waals surface area contributed by atoms with Gasteiger partial charge in [-0.25, -0.2) is 17.8 Å². The zero-order chi connectivity index (χ0) is 22.6. The molecule has 1 aromatic heterocycles. The summed E-state index contributed by atoms with van der Waals surface area (Å²) < 4.78 is 29.6. The summed E-state index contributed by atoms with van der Waals surface area (Å²) in [6.07, 6.45) is 4.25. The van der Waals surface area contributed by atoms with Gasteiger partial charge in [-0.1, -0.05) is 29.8 Å². The smallest absolute Gasteiger partial charge is 0.251 e. The second-order valence-corrected chi connectivity index (χ2v) is 10.2. The van der Waals surface area contributed by atoms with Crippen LogP contribution in [0.4, 0.5) is 0 Å². The van der Waals surface area contributed by atoms with Crippen LogP contribution >= 0.6 is 11.6 Å². The number of benzene rings is 2. The molecule has 1 heterocycles. The number of nitrogens with zero attached hydrogens (tertiary/aromatic N) is 2. The molecule has 3 rings (SSSR count). The molecule has 0 radical (unpaired) electrons. The highest BCUT2D eigenvalue weighted by atomic mass is 35.5. The Balaban J connectivity index is 1.64. The predicted molar refractivity (Wildman–Crippen MR) is 121 cm³/mol. The second-order valence-electron chi connectivity index (χ2n) is 8.14. The molecule has 0 saturated heterocycles. The van der Waals surface area contributed by atoms with Crippen molar-refractivity contribution in [1.29, 1.82) is 0 Å². The van der Waals surface area contributed by atoms with Crippen LogP contribution in [0.2, 0.25) is 5.02 Å². The van der Waals surface area contributed by atoms with Crippen LogP contribution in [0.15, 0.2) is 65.8 Å². The molecule has 2 N–H and O–H groups in total. The van der Waals surface area contributed by atoms with Crippen molar-refractivity contribution in [3.63, 3.8) is 0 Å². The molecule has 0 aliphatic heterocycles. The lowest BCUT2D eigenvalue weighted by atomic mass is 10.1. The van der Waals surface area contributed by atoms with Crippen LogP contribution in [0.25, 0.3) is 5.69 Å². The summed E-state index contributed by atoms with van der Waals surface area (Å²) in [5.41, 5.74) is 1.47. The van der Waals surface area contributed by atoms with Crippen molar-refractivity contribution < 1.29 is 13.2 Å². The van der Waals surface area contributed by atoms with Gasteiger partial charge in [0.2, 0.25) is 10.0 Å². The summed E-state index contributed by atoms with van der Waals surface area (Å²) in [7, 11) is -3.86. The molecule has 0 aliphatic rings. The van der Waals surface area contributed by atoms with Gasteiger partial charge in [0.1, 0.15) is 4.90 Å². The van der Waals surface area contributed by atoms with Gasteiger partial charge in [-0.15, -0.1) is 0 Å². The number of sulfonamides is 1. The SMILES string of the molecule is CC(C)(C)NS(=O)(=O)c1cc(C(=O)NCCc2cnn(-c3ccccc3)c2)ccc1Cl. The zero-order valence-corrected chi connectivity index (χ0v) is 19.2. The summed E-state index contributed by atoms with van der Waals surface area (Å²) in [6.45, 7) is 5.57. The Labute approximate surface area is 187 Å². The minimum atomic E-state index is -3.86. The fraction of sp³-hybridized carbons (Fsp3) is 0.273. The van der Waals surface area contributed by atoms with Crippen LogP contribution in [-0.4, -0.2) is 36.2 Å². The standard InChI is InChI=1S/C22H25ClN4O3S/c1-22(2,3)26-31(29,30)20-13-17(9-10-19(20)23)21(28)24-12-11-16-14-25-27(15-16)18-7-5-4-6-8-18/h4-10,13-15,26H,11-12H2,1-3H3,(H,24,28). The first-order valence-electron chi connectivity index (χ1n) is 9.76. The van der Waals surface area contributed by atoms with Crippen LogP contribution < -0.4 is 10.0 Å². The Morgan fingerprint density at radius 1 is 1.13 bits per heavy atom. The minimum Gasteiger partial charge on any atom is -0.352 e. The largest absolute Gasteiger partial charge is 0.352 e. The molecule has 0 fully saturated rings. The van der Waals surface area contributed by atoms with E-state index < -0.39 is 15.6 Å². The van der Waals surface area contributed by atoms with E-state index in [1.54, 1.807) is 31.6 Å². The van der Waals surface area contributed by atoms with Crippen LogP contribution in [0.1, 0.15) is 36.7 Å². The molecule has 0 aliphatic carbocycles. The number of hydrogen-bond acceptors (Lipinski definition) is 4. The number of para-hydroxylation sites is 1. The molecule has 1 amide bonds.